The molecule has 1 atom stereocenters. The van der Waals surface area contributed by atoms with E-state index in [1.54, 1.807) is 17.0 Å². The van der Waals surface area contributed by atoms with E-state index in [4.69, 9.17) is 0 Å². The third-order valence-electron chi connectivity index (χ3n) is 2.89. The van der Waals surface area contributed by atoms with Crippen molar-refractivity contribution in [1.29, 1.82) is 0 Å². The molecule has 0 saturated heterocycles. The molecule has 0 saturated carbocycles. The molecule has 1 aromatic heterocycles. The highest BCUT2D eigenvalue weighted by Gasteiger charge is 2.05. The lowest BCUT2D eigenvalue weighted by molar-refractivity contribution is 0.565. The molecule has 0 aliphatic carbocycles. The minimum Gasteiger partial charge on any atom is -0.313 e. The summed E-state index contributed by atoms with van der Waals surface area (Å²) in [7, 11) is 0. The summed E-state index contributed by atoms with van der Waals surface area (Å²) in [5.41, 5.74) is 1.30. The van der Waals surface area contributed by atoms with Gasteiger partial charge in [0.25, 0.3) is 0 Å². The zero-order chi connectivity index (χ0) is 11.4. The zero-order valence-electron chi connectivity index (χ0n) is 9.39. The molecular weight excluding hydrogens is 200 g/mol. The molecule has 0 fully saturated rings. The second kappa shape index (κ2) is 4.84. The van der Waals surface area contributed by atoms with Crippen LogP contribution in [0.3, 0.4) is 0 Å². The number of hydrogen-bond acceptors (Lipinski definition) is 1. The average molecular weight is 216 g/mol. The van der Waals surface area contributed by atoms with Crippen LogP contribution in [0.4, 0.5) is 0 Å². The van der Waals surface area contributed by atoms with E-state index in [1.165, 1.54) is 5.56 Å². The molecule has 0 aliphatic heterocycles. The molecule has 3 heteroatoms. The van der Waals surface area contributed by atoms with Crippen molar-refractivity contribution >= 4 is 0 Å². The maximum atomic E-state index is 11.3. The fourth-order valence-corrected chi connectivity index (χ4v) is 1.81. The number of aromatic amines is 1. The lowest BCUT2D eigenvalue weighted by Crippen LogP contribution is -2.17. The van der Waals surface area contributed by atoms with Crippen LogP contribution in [0.15, 0.2) is 47.5 Å². The van der Waals surface area contributed by atoms with Crippen molar-refractivity contribution in [3.63, 3.8) is 0 Å². The summed E-state index contributed by atoms with van der Waals surface area (Å²) in [6.07, 6.45) is 4.44. The molecule has 1 heterocycles. The van der Waals surface area contributed by atoms with Gasteiger partial charge in [-0.05, 0) is 17.9 Å². The van der Waals surface area contributed by atoms with E-state index in [1.807, 2.05) is 18.2 Å². The molecule has 0 radical (unpaired) electrons. The molecular formula is C13H16N2O. The number of nitrogens with one attached hydrogen (secondary N) is 1. The van der Waals surface area contributed by atoms with Crippen LogP contribution in [0.2, 0.25) is 0 Å². The number of rotatable bonds is 4. The highest BCUT2D eigenvalue weighted by atomic mass is 16.1. The third kappa shape index (κ3) is 2.42. The predicted octanol–water partition coefficient (Wildman–Crippen LogP) is 2.37. The lowest BCUT2D eigenvalue weighted by atomic mass is 9.98. The van der Waals surface area contributed by atoms with Crippen LogP contribution < -0.4 is 5.69 Å². The minimum absolute atomic E-state index is 0.0275. The molecule has 2 rings (SSSR count). The van der Waals surface area contributed by atoms with Gasteiger partial charge in [0.05, 0.1) is 0 Å². The van der Waals surface area contributed by atoms with E-state index < -0.39 is 0 Å². The fraction of sp³-hybridized carbons (Fsp3) is 0.308. The van der Waals surface area contributed by atoms with Crippen LogP contribution in [0, 0.1) is 0 Å². The smallest absolute Gasteiger partial charge is 0.313 e. The Morgan fingerprint density at radius 2 is 2.06 bits per heavy atom. The molecule has 0 aliphatic rings. The predicted molar refractivity (Wildman–Crippen MR) is 64.5 cm³/mol. The van der Waals surface area contributed by atoms with Gasteiger partial charge >= 0.3 is 5.69 Å². The van der Waals surface area contributed by atoms with E-state index in [-0.39, 0.29) is 5.69 Å². The van der Waals surface area contributed by atoms with Crippen molar-refractivity contribution in [1.82, 2.24) is 9.55 Å². The largest absolute Gasteiger partial charge is 0.325 e. The third-order valence-corrected chi connectivity index (χ3v) is 2.89. The molecule has 1 N–H and O–H groups in total. The highest BCUT2D eigenvalue weighted by Crippen LogP contribution is 2.18. The Labute approximate surface area is 94.7 Å². The van der Waals surface area contributed by atoms with Gasteiger partial charge in [-0.3, -0.25) is 4.57 Å². The first-order valence-corrected chi connectivity index (χ1v) is 5.56. The van der Waals surface area contributed by atoms with Gasteiger partial charge in [-0.15, -0.1) is 0 Å². The van der Waals surface area contributed by atoms with Crippen LogP contribution in [0.5, 0.6) is 0 Å². The normalized spacial score (nSPS) is 12.6. The summed E-state index contributed by atoms with van der Waals surface area (Å²) >= 11 is 0. The van der Waals surface area contributed by atoms with Gasteiger partial charge in [-0.25, -0.2) is 4.79 Å². The van der Waals surface area contributed by atoms with Gasteiger partial charge in [-0.2, -0.15) is 0 Å². The number of benzene rings is 1. The Balaban J connectivity index is 1.97. The Hall–Kier alpha value is -1.77. The standard InChI is InChI=1S/C13H16N2O/c1-11(12-5-3-2-4-6-12)7-9-15-10-8-14-13(15)16/h2-6,8,10-11H,7,9H2,1H3,(H,14,16). The molecule has 16 heavy (non-hydrogen) atoms. The van der Waals surface area contributed by atoms with Gasteiger partial charge < -0.3 is 4.98 Å². The number of aryl methyl sites for hydroxylation is 1. The van der Waals surface area contributed by atoms with Gasteiger partial charge in [0.15, 0.2) is 0 Å². The van der Waals surface area contributed by atoms with Crippen molar-refractivity contribution in [2.45, 2.75) is 25.8 Å². The monoisotopic (exact) mass is 216 g/mol. The average Bonchev–Trinajstić information content (AvgIpc) is 2.73. The summed E-state index contributed by atoms with van der Waals surface area (Å²) in [6.45, 7) is 2.95. The second-order valence-electron chi connectivity index (χ2n) is 4.06. The molecule has 0 amide bonds. The molecule has 3 nitrogen and oxygen atoms in total. The zero-order valence-corrected chi connectivity index (χ0v) is 9.39. The number of hydrogen-bond donors (Lipinski definition) is 1. The number of nitrogens with zero attached hydrogens (tertiary/aromatic N) is 1. The number of aromatic nitrogens is 2. The van der Waals surface area contributed by atoms with Crippen LogP contribution in [-0.4, -0.2) is 9.55 Å². The number of H-pyrrole nitrogens is 1. The van der Waals surface area contributed by atoms with Crippen molar-refractivity contribution in [2.75, 3.05) is 0 Å². The second-order valence-corrected chi connectivity index (χ2v) is 4.06. The maximum Gasteiger partial charge on any atom is 0.325 e. The van der Waals surface area contributed by atoms with Crippen LogP contribution in [0.25, 0.3) is 0 Å². The van der Waals surface area contributed by atoms with E-state index in [0.29, 0.717) is 5.92 Å². The SMILES string of the molecule is CC(CCn1cc[nH]c1=O)c1ccccc1. The van der Waals surface area contributed by atoms with E-state index in [0.717, 1.165) is 13.0 Å². The van der Waals surface area contributed by atoms with Crippen molar-refractivity contribution in [3.8, 4) is 0 Å². The van der Waals surface area contributed by atoms with E-state index in [2.05, 4.69) is 24.0 Å². The Morgan fingerprint density at radius 3 is 2.69 bits per heavy atom. The summed E-state index contributed by atoms with van der Waals surface area (Å²) in [5, 5.41) is 0. The van der Waals surface area contributed by atoms with Gasteiger partial charge in [0, 0.05) is 18.9 Å². The first-order chi connectivity index (χ1) is 7.77. The van der Waals surface area contributed by atoms with Crippen molar-refractivity contribution in [2.24, 2.45) is 0 Å². The van der Waals surface area contributed by atoms with E-state index >= 15 is 0 Å². The molecule has 2 aromatic rings. The van der Waals surface area contributed by atoms with E-state index in [9.17, 15) is 4.79 Å². The summed E-state index contributed by atoms with van der Waals surface area (Å²) in [6, 6.07) is 10.4. The van der Waals surface area contributed by atoms with Crippen molar-refractivity contribution < 1.29 is 0 Å². The minimum atomic E-state index is -0.0275. The Bertz CT molecular complexity index is 484. The molecule has 0 spiro atoms. The maximum absolute atomic E-state index is 11.3. The Morgan fingerprint density at radius 1 is 1.31 bits per heavy atom. The number of imidazole rings is 1. The molecule has 1 aromatic carbocycles. The van der Waals surface area contributed by atoms with Crippen LogP contribution in [-0.2, 0) is 6.54 Å². The molecule has 0 bridgehead atoms. The first kappa shape index (κ1) is 10.7. The van der Waals surface area contributed by atoms with Gasteiger partial charge in [0.1, 0.15) is 0 Å². The van der Waals surface area contributed by atoms with Gasteiger partial charge in [-0.1, -0.05) is 37.3 Å². The fourth-order valence-electron chi connectivity index (χ4n) is 1.81. The highest BCUT2D eigenvalue weighted by molar-refractivity contribution is 5.18. The van der Waals surface area contributed by atoms with Gasteiger partial charge in [0.2, 0.25) is 0 Å². The van der Waals surface area contributed by atoms with Crippen molar-refractivity contribution in [3.05, 3.63) is 58.8 Å². The first-order valence-electron chi connectivity index (χ1n) is 5.56. The van der Waals surface area contributed by atoms with Crippen LogP contribution in [0.1, 0.15) is 24.8 Å². The molecule has 84 valence electrons. The van der Waals surface area contributed by atoms with Crippen LogP contribution >= 0.6 is 0 Å². The topological polar surface area (TPSA) is 37.8 Å². The summed E-state index contributed by atoms with van der Waals surface area (Å²) < 4.78 is 1.71. The lowest BCUT2D eigenvalue weighted by Gasteiger charge is -2.11. The summed E-state index contributed by atoms with van der Waals surface area (Å²) in [4.78, 5) is 13.9. The summed E-state index contributed by atoms with van der Waals surface area (Å²) in [5.74, 6) is 0.475. The Kier molecular flexibility index (Phi) is 3.25. The molecule has 1 unspecified atom stereocenters. The quantitative estimate of drug-likeness (QED) is 0.837.